The van der Waals surface area contributed by atoms with Crippen LogP contribution in [0.25, 0.3) is 0 Å². The summed E-state index contributed by atoms with van der Waals surface area (Å²) in [5.74, 6) is 0. The molecule has 3 N–H and O–H groups in total. The lowest BCUT2D eigenvalue weighted by atomic mass is 9.63. The molecule has 0 radical (unpaired) electrons. The van der Waals surface area contributed by atoms with Crippen molar-refractivity contribution in [2.24, 2.45) is 11.1 Å². The maximum Gasteiger partial charge on any atom is 0.0587 e. The molecule has 60 valence electrons. The molecule has 0 bridgehead atoms. The van der Waals surface area contributed by atoms with E-state index in [-0.39, 0.29) is 12.6 Å². The Morgan fingerprint density at radius 1 is 1.60 bits per heavy atom. The fourth-order valence-corrected chi connectivity index (χ4v) is 1.81. The molecule has 1 atom stereocenters. The minimum absolute atomic E-state index is 0.0197. The van der Waals surface area contributed by atoms with E-state index < -0.39 is 0 Å². The van der Waals surface area contributed by atoms with Crippen LogP contribution in [0.1, 0.15) is 32.6 Å². The molecule has 1 rings (SSSR count). The van der Waals surface area contributed by atoms with Crippen LogP contribution in [0, 0.1) is 5.41 Å². The van der Waals surface area contributed by atoms with Gasteiger partial charge in [-0.05, 0) is 24.7 Å². The van der Waals surface area contributed by atoms with Crippen molar-refractivity contribution >= 4 is 0 Å². The Bertz CT molecular complexity index is 104. The van der Waals surface area contributed by atoms with Crippen molar-refractivity contribution < 1.29 is 5.11 Å². The molecule has 0 aliphatic heterocycles. The normalized spacial score (nSPS) is 25.5. The van der Waals surface area contributed by atoms with Crippen LogP contribution in [0.4, 0.5) is 0 Å². The van der Waals surface area contributed by atoms with Gasteiger partial charge in [-0.2, -0.15) is 0 Å². The van der Waals surface area contributed by atoms with Crippen molar-refractivity contribution in [2.75, 3.05) is 6.61 Å². The Labute approximate surface area is 62.4 Å². The lowest BCUT2D eigenvalue weighted by molar-refractivity contribution is 0.0558. The summed E-state index contributed by atoms with van der Waals surface area (Å²) in [6.45, 7) is 2.31. The van der Waals surface area contributed by atoms with Gasteiger partial charge in [0.25, 0.3) is 0 Å². The molecule has 0 unspecified atom stereocenters. The van der Waals surface area contributed by atoms with Crippen molar-refractivity contribution in [1.82, 2.24) is 0 Å². The SMILES string of the molecule is CCC1([C@@H](N)CO)CCC1. The third-order valence-corrected chi connectivity index (χ3v) is 3.04. The molecule has 1 aliphatic rings. The van der Waals surface area contributed by atoms with E-state index in [1.807, 2.05) is 0 Å². The van der Waals surface area contributed by atoms with Gasteiger partial charge in [0.2, 0.25) is 0 Å². The van der Waals surface area contributed by atoms with E-state index in [2.05, 4.69) is 6.92 Å². The topological polar surface area (TPSA) is 46.2 Å². The summed E-state index contributed by atoms with van der Waals surface area (Å²) in [5.41, 5.74) is 6.07. The summed E-state index contributed by atoms with van der Waals surface area (Å²) in [7, 11) is 0. The second-order valence-corrected chi connectivity index (χ2v) is 3.36. The van der Waals surface area contributed by atoms with E-state index >= 15 is 0 Å². The molecule has 1 saturated carbocycles. The zero-order valence-corrected chi connectivity index (χ0v) is 6.64. The highest BCUT2D eigenvalue weighted by Crippen LogP contribution is 2.45. The van der Waals surface area contributed by atoms with Crippen LogP contribution in [-0.2, 0) is 0 Å². The van der Waals surface area contributed by atoms with E-state index in [1.54, 1.807) is 0 Å². The first-order valence-corrected chi connectivity index (χ1v) is 4.11. The highest BCUT2D eigenvalue weighted by molar-refractivity contribution is 4.94. The first-order chi connectivity index (χ1) is 4.75. The van der Waals surface area contributed by atoms with Crippen molar-refractivity contribution in [3.05, 3.63) is 0 Å². The Hall–Kier alpha value is -0.0800. The Morgan fingerprint density at radius 2 is 2.20 bits per heavy atom. The number of rotatable bonds is 3. The molecular formula is C8H17NO. The standard InChI is InChI=1S/C8H17NO/c1-2-8(4-3-5-8)7(9)6-10/h7,10H,2-6,9H2,1H3/t7-/m0/s1. The summed E-state index contributed by atoms with van der Waals surface area (Å²) >= 11 is 0. The van der Waals surface area contributed by atoms with Crippen LogP contribution in [-0.4, -0.2) is 17.8 Å². The average Bonchev–Trinajstić information content (AvgIpc) is 1.86. The smallest absolute Gasteiger partial charge is 0.0587 e. The molecule has 0 saturated heterocycles. The molecule has 0 spiro atoms. The molecule has 0 aromatic carbocycles. The number of hydrogen-bond acceptors (Lipinski definition) is 2. The lowest BCUT2D eigenvalue weighted by Crippen LogP contribution is -2.48. The average molecular weight is 143 g/mol. The van der Waals surface area contributed by atoms with E-state index in [9.17, 15) is 0 Å². The second kappa shape index (κ2) is 2.89. The van der Waals surface area contributed by atoms with Gasteiger partial charge < -0.3 is 10.8 Å². The Morgan fingerprint density at radius 3 is 2.30 bits per heavy atom. The van der Waals surface area contributed by atoms with Crippen molar-refractivity contribution in [3.8, 4) is 0 Å². The molecule has 1 fully saturated rings. The van der Waals surface area contributed by atoms with Crippen LogP contribution in [0.3, 0.4) is 0 Å². The van der Waals surface area contributed by atoms with Crippen LogP contribution < -0.4 is 5.73 Å². The molecule has 2 nitrogen and oxygen atoms in total. The summed E-state index contributed by atoms with van der Waals surface area (Å²) < 4.78 is 0. The number of aliphatic hydroxyl groups excluding tert-OH is 1. The summed E-state index contributed by atoms with van der Waals surface area (Å²) in [5, 5.41) is 8.84. The summed E-state index contributed by atoms with van der Waals surface area (Å²) in [6, 6.07) is 0.0197. The van der Waals surface area contributed by atoms with E-state index in [0.717, 1.165) is 6.42 Å². The zero-order valence-electron chi connectivity index (χ0n) is 6.64. The van der Waals surface area contributed by atoms with Gasteiger partial charge in [-0.1, -0.05) is 13.3 Å². The predicted octanol–water partition coefficient (Wildman–Crippen LogP) is 0.886. The van der Waals surface area contributed by atoms with E-state index in [1.165, 1.54) is 19.3 Å². The van der Waals surface area contributed by atoms with Gasteiger partial charge in [0, 0.05) is 6.04 Å². The summed E-state index contributed by atoms with van der Waals surface area (Å²) in [4.78, 5) is 0. The molecular weight excluding hydrogens is 126 g/mol. The highest BCUT2D eigenvalue weighted by Gasteiger charge is 2.39. The third kappa shape index (κ3) is 1.06. The molecule has 0 heterocycles. The Kier molecular flexibility index (Phi) is 2.32. The molecule has 0 aromatic rings. The van der Waals surface area contributed by atoms with Crippen LogP contribution in [0.2, 0.25) is 0 Å². The third-order valence-electron chi connectivity index (χ3n) is 3.04. The van der Waals surface area contributed by atoms with Gasteiger partial charge >= 0.3 is 0 Å². The van der Waals surface area contributed by atoms with Gasteiger partial charge in [0.05, 0.1) is 6.61 Å². The number of nitrogens with two attached hydrogens (primary N) is 1. The van der Waals surface area contributed by atoms with Crippen molar-refractivity contribution in [2.45, 2.75) is 38.6 Å². The number of aliphatic hydroxyl groups is 1. The maximum absolute atomic E-state index is 8.84. The first-order valence-electron chi connectivity index (χ1n) is 4.11. The fourth-order valence-electron chi connectivity index (χ4n) is 1.81. The quantitative estimate of drug-likeness (QED) is 0.616. The van der Waals surface area contributed by atoms with Gasteiger partial charge in [0.15, 0.2) is 0 Å². The Balaban J connectivity index is 2.46. The molecule has 2 heteroatoms. The van der Waals surface area contributed by atoms with Crippen molar-refractivity contribution in [1.29, 1.82) is 0 Å². The molecule has 0 amide bonds. The largest absolute Gasteiger partial charge is 0.395 e. The van der Waals surface area contributed by atoms with Gasteiger partial charge in [-0.3, -0.25) is 0 Å². The molecule has 0 aromatic heterocycles. The minimum atomic E-state index is 0.0197. The van der Waals surface area contributed by atoms with Gasteiger partial charge in [0.1, 0.15) is 0 Å². The monoisotopic (exact) mass is 143 g/mol. The summed E-state index contributed by atoms with van der Waals surface area (Å²) in [6.07, 6.45) is 4.84. The lowest BCUT2D eigenvalue weighted by Gasteiger charge is -2.45. The van der Waals surface area contributed by atoms with Crippen LogP contribution >= 0.6 is 0 Å². The molecule has 1 aliphatic carbocycles. The predicted molar refractivity (Wildman–Crippen MR) is 41.6 cm³/mol. The maximum atomic E-state index is 8.84. The van der Waals surface area contributed by atoms with Crippen LogP contribution in [0.15, 0.2) is 0 Å². The highest BCUT2D eigenvalue weighted by atomic mass is 16.3. The first kappa shape index (κ1) is 8.02. The number of hydrogen-bond donors (Lipinski definition) is 2. The van der Waals surface area contributed by atoms with E-state index in [0.29, 0.717) is 5.41 Å². The molecule has 10 heavy (non-hydrogen) atoms. The van der Waals surface area contributed by atoms with Gasteiger partial charge in [-0.25, -0.2) is 0 Å². The van der Waals surface area contributed by atoms with E-state index in [4.69, 9.17) is 10.8 Å². The second-order valence-electron chi connectivity index (χ2n) is 3.36. The van der Waals surface area contributed by atoms with Gasteiger partial charge in [-0.15, -0.1) is 0 Å². The van der Waals surface area contributed by atoms with Crippen molar-refractivity contribution in [3.63, 3.8) is 0 Å². The fraction of sp³-hybridized carbons (Fsp3) is 1.00. The van der Waals surface area contributed by atoms with Crippen LogP contribution in [0.5, 0.6) is 0 Å². The minimum Gasteiger partial charge on any atom is -0.395 e. The zero-order chi connectivity index (χ0) is 7.61.